The summed E-state index contributed by atoms with van der Waals surface area (Å²) in [6, 6.07) is 15.0. The lowest BCUT2D eigenvalue weighted by atomic mass is 10.1. The Kier molecular flexibility index (Phi) is 6.89. The van der Waals surface area contributed by atoms with E-state index in [4.69, 9.17) is 10.00 Å². The molecule has 2 aromatic carbocycles. The van der Waals surface area contributed by atoms with E-state index in [9.17, 15) is 13.7 Å². The first-order chi connectivity index (χ1) is 18.3. The van der Waals surface area contributed by atoms with Crippen molar-refractivity contribution < 1.29 is 13.2 Å². The molecule has 1 aliphatic carbocycles. The largest absolute Gasteiger partial charge is 0.438 e. The third kappa shape index (κ3) is 5.25. The number of nitrogens with one attached hydrogen (secondary N) is 1. The van der Waals surface area contributed by atoms with Crippen molar-refractivity contribution >= 4 is 27.3 Å². The summed E-state index contributed by atoms with van der Waals surface area (Å²) in [6.07, 6.45) is 3.08. The van der Waals surface area contributed by atoms with Gasteiger partial charge in [-0.3, -0.25) is 0 Å². The Morgan fingerprint density at radius 1 is 1.00 bits per heavy atom. The Bertz CT molecular complexity index is 1540. The van der Waals surface area contributed by atoms with Crippen molar-refractivity contribution in [2.45, 2.75) is 31.9 Å². The maximum absolute atomic E-state index is 12.5. The van der Waals surface area contributed by atoms with Gasteiger partial charge in [-0.2, -0.15) is 19.8 Å². The molecule has 0 unspecified atom stereocenters. The van der Waals surface area contributed by atoms with Crippen LogP contribution in [0.15, 0.2) is 42.6 Å². The van der Waals surface area contributed by atoms with E-state index in [0.717, 1.165) is 29.7 Å². The van der Waals surface area contributed by atoms with Crippen molar-refractivity contribution in [2.75, 3.05) is 36.4 Å². The molecule has 2 fully saturated rings. The van der Waals surface area contributed by atoms with Crippen LogP contribution in [0, 0.1) is 36.5 Å². The van der Waals surface area contributed by atoms with Gasteiger partial charge in [0.05, 0.1) is 28.1 Å². The number of hydrogen-bond acceptors (Lipinski definition) is 9. The zero-order chi connectivity index (χ0) is 26.9. The summed E-state index contributed by atoms with van der Waals surface area (Å²) in [5.74, 6) is 1.28. The highest BCUT2D eigenvalue weighted by molar-refractivity contribution is 7.90. The molecule has 1 aliphatic heterocycles. The van der Waals surface area contributed by atoms with Crippen LogP contribution in [0.4, 0.5) is 17.3 Å². The van der Waals surface area contributed by atoms with E-state index in [1.165, 1.54) is 0 Å². The second-order valence-corrected chi connectivity index (χ2v) is 11.7. The Balaban J connectivity index is 1.28. The number of aryl methyl sites for hydroxylation is 2. The van der Waals surface area contributed by atoms with Crippen LogP contribution in [0.5, 0.6) is 11.6 Å². The molecule has 3 aromatic rings. The van der Waals surface area contributed by atoms with Gasteiger partial charge in [0.15, 0.2) is 0 Å². The molecule has 10 nitrogen and oxygen atoms in total. The van der Waals surface area contributed by atoms with Crippen molar-refractivity contribution in [1.82, 2.24) is 14.3 Å². The first kappa shape index (κ1) is 25.5. The van der Waals surface area contributed by atoms with Crippen LogP contribution in [0.1, 0.15) is 35.1 Å². The summed E-state index contributed by atoms with van der Waals surface area (Å²) in [5, 5.41) is 21.9. The standard InChI is InChI=1S/C27H27N7O3S/c1-18-13-20(16-28)14-19(2)26(18)37-25-7-8-30-27(32-25)31-22-3-6-24(21(15-22)17-29)33-9-11-34(12-10-33)38(35,36)23-4-5-23/h3,6-8,13-15,23H,4-5,9-12H2,1-2H3,(H,30,31,32). The fourth-order valence-electron chi connectivity index (χ4n) is 4.61. The molecule has 0 radical (unpaired) electrons. The van der Waals surface area contributed by atoms with Gasteiger partial charge in [0.1, 0.15) is 11.8 Å². The number of ether oxygens (including phenoxy) is 1. The lowest BCUT2D eigenvalue weighted by Gasteiger charge is -2.35. The third-order valence-corrected chi connectivity index (χ3v) is 9.08. The topological polar surface area (TPSA) is 135 Å². The highest BCUT2D eigenvalue weighted by Gasteiger charge is 2.41. The van der Waals surface area contributed by atoms with Crippen LogP contribution in [0.2, 0.25) is 0 Å². The fourth-order valence-corrected chi connectivity index (χ4v) is 6.43. The van der Waals surface area contributed by atoms with Gasteiger partial charge in [0.25, 0.3) is 0 Å². The molecule has 1 saturated carbocycles. The molecular formula is C27H27N7O3S. The average molecular weight is 530 g/mol. The molecule has 2 heterocycles. The zero-order valence-corrected chi connectivity index (χ0v) is 22.0. The van der Waals surface area contributed by atoms with Gasteiger partial charge < -0.3 is 15.0 Å². The maximum atomic E-state index is 12.5. The van der Waals surface area contributed by atoms with Crippen molar-refractivity contribution in [2.24, 2.45) is 0 Å². The minimum Gasteiger partial charge on any atom is -0.438 e. The fraction of sp³-hybridized carbons (Fsp3) is 0.333. The summed E-state index contributed by atoms with van der Waals surface area (Å²) < 4.78 is 32.7. The molecule has 1 saturated heterocycles. The minimum atomic E-state index is -3.19. The number of rotatable bonds is 7. The molecule has 194 valence electrons. The van der Waals surface area contributed by atoms with E-state index in [0.29, 0.717) is 60.6 Å². The number of nitriles is 2. The Morgan fingerprint density at radius 3 is 2.34 bits per heavy atom. The number of nitrogens with zero attached hydrogens (tertiary/aromatic N) is 6. The molecule has 0 spiro atoms. The first-order valence-corrected chi connectivity index (χ1v) is 13.9. The van der Waals surface area contributed by atoms with Crippen LogP contribution in [-0.2, 0) is 10.0 Å². The van der Waals surface area contributed by atoms with Gasteiger partial charge in [-0.15, -0.1) is 0 Å². The highest BCUT2D eigenvalue weighted by atomic mass is 32.2. The van der Waals surface area contributed by atoms with E-state index in [2.05, 4.69) is 32.3 Å². The minimum absolute atomic E-state index is 0.211. The van der Waals surface area contributed by atoms with E-state index in [1.807, 2.05) is 26.0 Å². The van der Waals surface area contributed by atoms with Gasteiger partial charge in [-0.1, -0.05) is 0 Å². The van der Waals surface area contributed by atoms with Crippen molar-refractivity contribution in [1.29, 1.82) is 10.5 Å². The Labute approximate surface area is 222 Å². The van der Waals surface area contributed by atoms with Crippen molar-refractivity contribution in [3.8, 4) is 23.8 Å². The smallest absolute Gasteiger partial charge is 0.230 e. The second kappa shape index (κ2) is 10.3. The third-order valence-electron chi connectivity index (χ3n) is 6.68. The number of aromatic nitrogens is 2. The molecule has 2 aliphatic rings. The van der Waals surface area contributed by atoms with Crippen LogP contribution >= 0.6 is 0 Å². The second-order valence-electron chi connectivity index (χ2n) is 9.47. The number of sulfonamides is 1. The molecule has 1 N–H and O–H groups in total. The number of benzene rings is 2. The molecule has 0 amide bonds. The van der Waals surface area contributed by atoms with Gasteiger partial charge >= 0.3 is 0 Å². The van der Waals surface area contributed by atoms with Crippen LogP contribution in [0.25, 0.3) is 0 Å². The lowest BCUT2D eigenvalue weighted by molar-refractivity contribution is 0.384. The van der Waals surface area contributed by atoms with E-state index in [1.54, 1.807) is 34.8 Å². The molecule has 0 atom stereocenters. The van der Waals surface area contributed by atoms with E-state index in [-0.39, 0.29) is 5.25 Å². The van der Waals surface area contributed by atoms with Crippen LogP contribution < -0.4 is 15.0 Å². The predicted molar refractivity (Wildman–Crippen MR) is 143 cm³/mol. The molecule has 11 heteroatoms. The molecular weight excluding hydrogens is 502 g/mol. The van der Waals surface area contributed by atoms with Crippen LogP contribution in [0.3, 0.4) is 0 Å². The highest BCUT2D eigenvalue weighted by Crippen LogP contribution is 2.33. The Morgan fingerprint density at radius 2 is 1.71 bits per heavy atom. The van der Waals surface area contributed by atoms with Gasteiger partial charge in [0, 0.05) is 44.1 Å². The predicted octanol–water partition coefficient (Wildman–Crippen LogP) is 3.99. The lowest BCUT2D eigenvalue weighted by Crippen LogP contribution is -2.49. The quantitative estimate of drug-likeness (QED) is 0.482. The number of anilines is 3. The van der Waals surface area contributed by atoms with E-state index >= 15 is 0 Å². The Hall–Kier alpha value is -4.19. The number of piperazine rings is 1. The molecule has 0 bridgehead atoms. The van der Waals surface area contributed by atoms with Gasteiger partial charge in [0.2, 0.25) is 21.9 Å². The molecule has 38 heavy (non-hydrogen) atoms. The maximum Gasteiger partial charge on any atom is 0.230 e. The van der Waals surface area contributed by atoms with Crippen molar-refractivity contribution in [3.63, 3.8) is 0 Å². The van der Waals surface area contributed by atoms with Gasteiger partial charge in [-0.05, 0) is 68.1 Å². The summed E-state index contributed by atoms with van der Waals surface area (Å²) in [5.41, 5.74) is 4.11. The van der Waals surface area contributed by atoms with Crippen molar-refractivity contribution in [3.05, 3.63) is 64.8 Å². The first-order valence-electron chi connectivity index (χ1n) is 12.4. The van der Waals surface area contributed by atoms with Crippen LogP contribution in [-0.4, -0.2) is 54.1 Å². The monoisotopic (exact) mass is 529 g/mol. The summed E-state index contributed by atoms with van der Waals surface area (Å²) >= 11 is 0. The summed E-state index contributed by atoms with van der Waals surface area (Å²) in [6.45, 7) is 5.65. The number of hydrogen-bond donors (Lipinski definition) is 1. The average Bonchev–Trinajstić information content (AvgIpc) is 3.77. The van der Waals surface area contributed by atoms with Gasteiger partial charge in [-0.25, -0.2) is 13.4 Å². The summed E-state index contributed by atoms with van der Waals surface area (Å²) in [4.78, 5) is 10.8. The van der Waals surface area contributed by atoms with E-state index < -0.39 is 10.0 Å². The normalized spacial score (nSPS) is 15.9. The zero-order valence-electron chi connectivity index (χ0n) is 21.2. The summed E-state index contributed by atoms with van der Waals surface area (Å²) in [7, 11) is -3.19. The molecule has 5 rings (SSSR count). The SMILES string of the molecule is Cc1cc(C#N)cc(C)c1Oc1ccnc(Nc2ccc(N3CCN(S(=O)(=O)C4CC4)CC3)c(C#N)c2)n1. The molecule has 1 aromatic heterocycles.